The molecule has 3 nitrogen and oxygen atoms in total. The topological polar surface area (TPSA) is 48.1 Å². The number of pyridine rings is 1. The van der Waals surface area contributed by atoms with Gasteiger partial charge in [-0.25, -0.2) is 0 Å². The molecule has 1 aromatic rings. The lowest BCUT2D eigenvalue weighted by molar-refractivity contribution is 0.0673. The summed E-state index contributed by atoms with van der Waals surface area (Å²) >= 11 is 3.44. The third-order valence-corrected chi connectivity index (χ3v) is 3.99. The van der Waals surface area contributed by atoms with Crippen LogP contribution in [0, 0.1) is 5.41 Å². The number of halogens is 1. The maximum absolute atomic E-state index is 5.93. The molecule has 2 rings (SSSR count). The Morgan fingerprint density at radius 3 is 3.00 bits per heavy atom. The number of hydrogen-bond donors (Lipinski definition) is 1. The van der Waals surface area contributed by atoms with Gasteiger partial charge >= 0.3 is 0 Å². The number of nitrogens with two attached hydrogens (primary N) is 1. The molecule has 4 heteroatoms. The van der Waals surface area contributed by atoms with E-state index in [1.54, 1.807) is 6.20 Å². The minimum atomic E-state index is 0.0858. The summed E-state index contributed by atoms with van der Waals surface area (Å²) in [4.78, 5) is 4.19. The standard InChI is InChI=1S/C12H17BrN2O/c1-9-12(8-14,2-3-16-9)5-10-4-11(13)7-15-6-10/h4,6-7,9H,2-3,5,8,14H2,1H3. The minimum Gasteiger partial charge on any atom is -0.378 e. The summed E-state index contributed by atoms with van der Waals surface area (Å²) in [6.45, 7) is 3.60. The van der Waals surface area contributed by atoms with E-state index in [0.29, 0.717) is 6.54 Å². The maximum Gasteiger partial charge on any atom is 0.0619 e. The van der Waals surface area contributed by atoms with E-state index in [0.717, 1.165) is 23.9 Å². The van der Waals surface area contributed by atoms with Crippen LogP contribution in [0.4, 0.5) is 0 Å². The molecule has 16 heavy (non-hydrogen) atoms. The first kappa shape index (κ1) is 12.0. The van der Waals surface area contributed by atoms with Gasteiger partial charge in [-0.15, -0.1) is 0 Å². The highest BCUT2D eigenvalue weighted by Gasteiger charge is 2.40. The summed E-state index contributed by atoms with van der Waals surface area (Å²) in [5.74, 6) is 0. The fourth-order valence-corrected chi connectivity index (χ4v) is 2.76. The van der Waals surface area contributed by atoms with Crippen molar-refractivity contribution in [3.8, 4) is 0 Å². The lowest BCUT2D eigenvalue weighted by Crippen LogP contribution is -2.38. The van der Waals surface area contributed by atoms with Gasteiger partial charge in [0.05, 0.1) is 6.10 Å². The fraction of sp³-hybridized carbons (Fsp3) is 0.583. The molecule has 1 aliphatic heterocycles. The van der Waals surface area contributed by atoms with E-state index in [-0.39, 0.29) is 11.5 Å². The highest BCUT2D eigenvalue weighted by molar-refractivity contribution is 9.10. The molecular formula is C12H17BrN2O. The molecule has 1 saturated heterocycles. The third-order valence-electron chi connectivity index (χ3n) is 3.55. The van der Waals surface area contributed by atoms with E-state index in [9.17, 15) is 0 Å². The first-order valence-electron chi connectivity index (χ1n) is 5.57. The predicted octanol–water partition coefficient (Wildman–Crippen LogP) is 2.14. The number of hydrogen-bond acceptors (Lipinski definition) is 3. The Balaban J connectivity index is 2.18. The molecule has 0 aromatic carbocycles. The van der Waals surface area contributed by atoms with Crippen LogP contribution in [-0.2, 0) is 11.2 Å². The van der Waals surface area contributed by atoms with Crippen LogP contribution in [0.2, 0.25) is 0 Å². The third kappa shape index (κ3) is 2.29. The van der Waals surface area contributed by atoms with Crippen molar-refractivity contribution in [1.82, 2.24) is 4.98 Å². The smallest absolute Gasteiger partial charge is 0.0619 e. The number of nitrogens with zero attached hydrogens (tertiary/aromatic N) is 1. The molecule has 2 atom stereocenters. The summed E-state index contributed by atoms with van der Waals surface area (Å²) in [7, 11) is 0. The van der Waals surface area contributed by atoms with Crippen molar-refractivity contribution in [2.24, 2.45) is 11.1 Å². The molecule has 0 saturated carbocycles. The first-order chi connectivity index (χ1) is 7.66. The number of ether oxygens (including phenoxy) is 1. The number of aromatic nitrogens is 1. The van der Waals surface area contributed by atoms with Gasteiger partial charge in [-0.05, 0) is 47.3 Å². The molecule has 0 radical (unpaired) electrons. The van der Waals surface area contributed by atoms with Crippen molar-refractivity contribution < 1.29 is 4.74 Å². The van der Waals surface area contributed by atoms with E-state index < -0.39 is 0 Å². The van der Waals surface area contributed by atoms with Crippen molar-refractivity contribution in [3.63, 3.8) is 0 Å². The van der Waals surface area contributed by atoms with Gasteiger partial charge in [0.25, 0.3) is 0 Å². The highest BCUT2D eigenvalue weighted by atomic mass is 79.9. The van der Waals surface area contributed by atoms with E-state index in [4.69, 9.17) is 10.5 Å². The SMILES string of the molecule is CC1OCCC1(CN)Cc1cncc(Br)c1. The predicted molar refractivity (Wildman–Crippen MR) is 67.2 cm³/mol. The fourth-order valence-electron chi connectivity index (χ4n) is 2.35. The average molecular weight is 285 g/mol. The van der Waals surface area contributed by atoms with Crippen LogP contribution in [0.3, 0.4) is 0 Å². The van der Waals surface area contributed by atoms with Crippen LogP contribution in [0.5, 0.6) is 0 Å². The van der Waals surface area contributed by atoms with Gasteiger partial charge in [0.1, 0.15) is 0 Å². The molecule has 0 bridgehead atoms. The molecule has 1 aliphatic rings. The van der Waals surface area contributed by atoms with Crippen molar-refractivity contribution in [2.75, 3.05) is 13.2 Å². The van der Waals surface area contributed by atoms with Crippen LogP contribution in [0.1, 0.15) is 18.9 Å². The number of rotatable bonds is 3. The Morgan fingerprint density at radius 1 is 1.62 bits per heavy atom. The monoisotopic (exact) mass is 284 g/mol. The molecule has 2 unspecified atom stereocenters. The van der Waals surface area contributed by atoms with E-state index >= 15 is 0 Å². The molecule has 0 amide bonds. The molecule has 2 N–H and O–H groups in total. The van der Waals surface area contributed by atoms with Crippen LogP contribution in [0.15, 0.2) is 22.9 Å². The molecule has 0 spiro atoms. The highest BCUT2D eigenvalue weighted by Crippen LogP contribution is 2.37. The second kappa shape index (κ2) is 4.82. The molecule has 1 aromatic heterocycles. The lowest BCUT2D eigenvalue weighted by atomic mass is 9.77. The van der Waals surface area contributed by atoms with Gasteiger partial charge in [-0.1, -0.05) is 0 Å². The summed E-state index contributed by atoms with van der Waals surface area (Å²) in [5.41, 5.74) is 7.24. The van der Waals surface area contributed by atoms with E-state index in [2.05, 4.69) is 33.9 Å². The Labute approximate surface area is 105 Å². The van der Waals surface area contributed by atoms with Gasteiger partial charge in [0, 0.05) is 35.4 Å². The van der Waals surface area contributed by atoms with Crippen molar-refractivity contribution in [3.05, 3.63) is 28.5 Å². The van der Waals surface area contributed by atoms with Crippen LogP contribution < -0.4 is 5.73 Å². The minimum absolute atomic E-state index is 0.0858. The van der Waals surface area contributed by atoms with Gasteiger partial charge in [-0.2, -0.15) is 0 Å². The molecule has 0 aliphatic carbocycles. The zero-order valence-corrected chi connectivity index (χ0v) is 11.0. The molecule has 88 valence electrons. The van der Waals surface area contributed by atoms with Gasteiger partial charge in [-0.3, -0.25) is 4.98 Å². The largest absolute Gasteiger partial charge is 0.378 e. The van der Waals surface area contributed by atoms with Crippen LogP contribution in [0.25, 0.3) is 0 Å². The second-order valence-corrected chi connectivity index (χ2v) is 5.43. The molecule has 2 heterocycles. The summed E-state index contributed by atoms with van der Waals surface area (Å²) < 4.78 is 6.67. The van der Waals surface area contributed by atoms with Crippen molar-refractivity contribution in [1.29, 1.82) is 0 Å². The Morgan fingerprint density at radius 2 is 2.44 bits per heavy atom. The zero-order valence-electron chi connectivity index (χ0n) is 9.45. The summed E-state index contributed by atoms with van der Waals surface area (Å²) in [6.07, 6.45) is 5.92. The quantitative estimate of drug-likeness (QED) is 0.925. The normalized spacial score (nSPS) is 29.6. The van der Waals surface area contributed by atoms with Gasteiger partial charge in [0.2, 0.25) is 0 Å². The van der Waals surface area contributed by atoms with Crippen molar-refractivity contribution >= 4 is 15.9 Å². The zero-order chi connectivity index (χ0) is 11.6. The Bertz CT molecular complexity index is 372. The summed E-state index contributed by atoms with van der Waals surface area (Å²) in [6, 6.07) is 2.11. The van der Waals surface area contributed by atoms with E-state index in [1.165, 1.54) is 5.56 Å². The second-order valence-electron chi connectivity index (χ2n) is 4.52. The van der Waals surface area contributed by atoms with Crippen LogP contribution >= 0.6 is 15.9 Å². The maximum atomic E-state index is 5.93. The lowest BCUT2D eigenvalue weighted by Gasteiger charge is -2.30. The van der Waals surface area contributed by atoms with Crippen molar-refractivity contribution in [2.45, 2.75) is 25.9 Å². The van der Waals surface area contributed by atoms with Gasteiger partial charge in [0.15, 0.2) is 0 Å². The Hall–Kier alpha value is -0.450. The molecule has 1 fully saturated rings. The molecular weight excluding hydrogens is 268 g/mol. The van der Waals surface area contributed by atoms with Gasteiger partial charge < -0.3 is 10.5 Å². The Kier molecular flexibility index (Phi) is 3.62. The van der Waals surface area contributed by atoms with E-state index in [1.807, 2.05) is 6.20 Å². The summed E-state index contributed by atoms with van der Waals surface area (Å²) in [5, 5.41) is 0. The van der Waals surface area contributed by atoms with Crippen LogP contribution in [-0.4, -0.2) is 24.2 Å². The first-order valence-corrected chi connectivity index (χ1v) is 6.37. The average Bonchev–Trinajstić information content (AvgIpc) is 2.61.